The summed E-state index contributed by atoms with van der Waals surface area (Å²) >= 11 is 0. The van der Waals surface area contributed by atoms with Crippen molar-refractivity contribution < 1.29 is 27.1 Å². The second kappa shape index (κ2) is 7.33. The Labute approximate surface area is 136 Å². The maximum absolute atomic E-state index is 13.5. The van der Waals surface area contributed by atoms with Crippen molar-refractivity contribution in [1.29, 1.82) is 0 Å². The molecule has 0 aliphatic carbocycles. The Morgan fingerprint density at radius 2 is 1.71 bits per heavy atom. The predicted molar refractivity (Wildman–Crippen MR) is 79.7 cm³/mol. The van der Waals surface area contributed by atoms with Crippen LogP contribution in [0.15, 0.2) is 48.5 Å². The second-order valence-corrected chi connectivity index (χ2v) is 5.21. The van der Waals surface area contributed by atoms with Crippen molar-refractivity contribution in [1.82, 2.24) is 4.90 Å². The summed E-state index contributed by atoms with van der Waals surface area (Å²) in [6.07, 6.45) is -4.83. The molecular weight excluding hydrogens is 326 g/mol. The van der Waals surface area contributed by atoms with Crippen LogP contribution in [0.3, 0.4) is 0 Å². The molecule has 1 amide bonds. The third-order valence-corrected chi connectivity index (χ3v) is 3.30. The molecule has 2 rings (SSSR count). The van der Waals surface area contributed by atoms with Crippen LogP contribution in [0.5, 0.6) is 5.75 Å². The minimum atomic E-state index is -4.74. The van der Waals surface area contributed by atoms with Crippen molar-refractivity contribution in [3.8, 4) is 5.75 Å². The standard InChI is InChI=1S/C17H15F4NO2/c1-22(16(23)10-13-4-2-3-5-15(13)18)11-12-6-8-14(9-7-12)24-17(19,20)21/h2-9H,10-11H2,1H3. The number of hydrogen-bond donors (Lipinski definition) is 0. The van der Waals surface area contributed by atoms with E-state index in [1.165, 1.54) is 47.4 Å². The van der Waals surface area contributed by atoms with Crippen LogP contribution < -0.4 is 4.74 Å². The number of likely N-dealkylation sites (N-methyl/N-ethyl adjacent to an activating group) is 1. The molecule has 2 aromatic rings. The van der Waals surface area contributed by atoms with E-state index in [1.54, 1.807) is 13.1 Å². The summed E-state index contributed by atoms with van der Waals surface area (Å²) in [5.74, 6) is -1.07. The Balaban J connectivity index is 1.95. The van der Waals surface area contributed by atoms with Gasteiger partial charge < -0.3 is 9.64 Å². The van der Waals surface area contributed by atoms with Crippen LogP contribution in [0.4, 0.5) is 17.6 Å². The monoisotopic (exact) mass is 341 g/mol. The lowest BCUT2D eigenvalue weighted by atomic mass is 10.1. The lowest BCUT2D eigenvalue weighted by Gasteiger charge is -2.18. The maximum Gasteiger partial charge on any atom is 0.573 e. The van der Waals surface area contributed by atoms with Gasteiger partial charge in [0.1, 0.15) is 11.6 Å². The third-order valence-electron chi connectivity index (χ3n) is 3.30. The van der Waals surface area contributed by atoms with Gasteiger partial charge >= 0.3 is 6.36 Å². The van der Waals surface area contributed by atoms with E-state index < -0.39 is 12.2 Å². The number of alkyl halides is 3. The molecular formula is C17H15F4NO2. The van der Waals surface area contributed by atoms with E-state index in [1.807, 2.05) is 0 Å². The third kappa shape index (κ3) is 5.26. The molecule has 7 heteroatoms. The first kappa shape index (κ1) is 17.8. The SMILES string of the molecule is CN(Cc1ccc(OC(F)(F)F)cc1)C(=O)Cc1ccccc1F. The van der Waals surface area contributed by atoms with Crippen LogP contribution >= 0.6 is 0 Å². The smallest absolute Gasteiger partial charge is 0.406 e. The van der Waals surface area contributed by atoms with Gasteiger partial charge in [0.15, 0.2) is 0 Å². The number of carbonyl (C=O) groups is 1. The van der Waals surface area contributed by atoms with Crippen LogP contribution in [0.25, 0.3) is 0 Å². The number of carbonyl (C=O) groups excluding carboxylic acids is 1. The Morgan fingerprint density at radius 3 is 2.29 bits per heavy atom. The Hall–Kier alpha value is -2.57. The van der Waals surface area contributed by atoms with Gasteiger partial charge in [0.2, 0.25) is 5.91 Å². The van der Waals surface area contributed by atoms with Crippen molar-refractivity contribution in [2.24, 2.45) is 0 Å². The van der Waals surface area contributed by atoms with Gasteiger partial charge in [-0.05, 0) is 29.3 Å². The Bertz CT molecular complexity index is 698. The number of halogens is 4. The van der Waals surface area contributed by atoms with E-state index in [9.17, 15) is 22.4 Å². The highest BCUT2D eigenvalue weighted by Gasteiger charge is 2.30. The van der Waals surface area contributed by atoms with E-state index in [2.05, 4.69) is 4.74 Å². The molecule has 128 valence electrons. The molecule has 0 spiro atoms. The topological polar surface area (TPSA) is 29.5 Å². The van der Waals surface area contributed by atoms with Crippen LogP contribution in [0, 0.1) is 5.82 Å². The summed E-state index contributed by atoms with van der Waals surface area (Å²) in [6, 6.07) is 11.2. The van der Waals surface area contributed by atoms with Gasteiger partial charge in [-0.15, -0.1) is 13.2 Å². The van der Waals surface area contributed by atoms with Gasteiger partial charge in [0.25, 0.3) is 0 Å². The highest BCUT2D eigenvalue weighted by Crippen LogP contribution is 2.23. The molecule has 0 radical (unpaired) electrons. The van der Waals surface area contributed by atoms with Crippen molar-refractivity contribution >= 4 is 5.91 Å². The summed E-state index contributed by atoms with van der Waals surface area (Å²) < 4.78 is 53.6. The zero-order valence-electron chi connectivity index (χ0n) is 12.8. The van der Waals surface area contributed by atoms with Crippen LogP contribution in [0.1, 0.15) is 11.1 Å². The van der Waals surface area contributed by atoms with Gasteiger partial charge in [-0.3, -0.25) is 4.79 Å². The van der Waals surface area contributed by atoms with Crippen molar-refractivity contribution in [2.45, 2.75) is 19.3 Å². The fourth-order valence-electron chi connectivity index (χ4n) is 2.10. The Morgan fingerprint density at radius 1 is 1.08 bits per heavy atom. The normalized spacial score (nSPS) is 11.2. The van der Waals surface area contributed by atoms with Crippen molar-refractivity contribution in [2.75, 3.05) is 7.05 Å². The molecule has 0 saturated heterocycles. The fourth-order valence-corrected chi connectivity index (χ4v) is 2.10. The maximum atomic E-state index is 13.5. The second-order valence-electron chi connectivity index (χ2n) is 5.21. The summed E-state index contributed by atoms with van der Waals surface area (Å²) in [5, 5.41) is 0. The highest BCUT2D eigenvalue weighted by molar-refractivity contribution is 5.78. The summed E-state index contributed by atoms with van der Waals surface area (Å²) in [5.41, 5.74) is 0.928. The molecule has 0 fully saturated rings. The first-order chi connectivity index (χ1) is 11.2. The van der Waals surface area contributed by atoms with Gasteiger partial charge in [0.05, 0.1) is 6.42 Å². The molecule has 0 atom stereocenters. The van der Waals surface area contributed by atoms with Gasteiger partial charge in [-0.1, -0.05) is 30.3 Å². The molecule has 2 aromatic carbocycles. The van der Waals surface area contributed by atoms with E-state index >= 15 is 0 Å². The predicted octanol–water partition coefficient (Wildman–Crippen LogP) is 3.93. The molecule has 0 aromatic heterocycles. The van der Waals surface area contributed by atoms with Crippen LogP contribution in [-0.4, -0.2) is 24.2 Å². The quantitative estimate of drug-likeness (QED) is 0.772. The molecule has 0 aliphatic rings. The molecule has 24 heavy (non-hydrogen) atoms. The zero-order chi connectivity index (χ0) is 17.7. The average Bonchev–Trinajstić information content (AvgIpc) is 2.50. The van der Waals surface area contributed by atoms with Crippen molar-refractivity contribution in [3.05, 3.63) is 65.5 Å². The molecule has 3 nitrogen and oxygen atoms in total. The number of nitrogens with zero attached hydrogens (tertiary/aromatic N) is 1. The molecule has 0 heterocycles. The van der Waals surface area contributed by atoms with Gasteiger partial charge in [0, 0.05) is 13.6 Å². The molecule has 0 unspecified atom stereocenters. The Kier molecular flexibility index (Phi) is 5.43. The number of rotatable bonds is 5. The van der Waals surface area contributed by atoms with Gasteiger partial charge in [-0.2, -0.15) is 0 Å². The van der Waals surface area contributed by atoms with Crippen LogP contribution in [-0.2, 0) is 17.8 Å². The molecule has 0 N–H and O–H groups in total. The lowest BCUT2D eigenvalue weighted by Crippen LogP contribution is -2.28. The summed E-state index contributed by atoms with van der Waals surface area (Å²) in [7, 11) is 1.54. The first-order valence-corrected chi connectivity index (χ1v) is 7.06. The first-order valence-electron chi connectivity index (χ1n) is 7.06. The van der Waals surface area contributed by atoms with E-state index in [0.717, 1.165) is 0 Å². The van der Waals surface area contributed by atoms with E-state index in [0.29, 0.717) is 11.1 Å². The number of ether oxygens (including phenoxy) is 1. The lowest BCUT2D eigenvalue weighted by molar-refractivity contribution is -0.274. The largest absolute Gasteiger partial charge is 0.573 e. The summed E-state index contributed by atoms with van der Waals surface area (Å²) in [6.45, 7) is 0.194. The van der Waals surface area contributed by atoms with Gasteiger partial charge in [-0.25, -0.2) is 4.39 Å². The van der Waals surface area contributed by atoms with E-state index in [-0.39, 0.29) is 24.6 Å². The minimum Gasteiger partial charge on any atom is -0.406 e. The number of amides is 1. The van der Waals surface area contributed by atoms with Crippen LogP contribution in [0.2, 0.25) is 0 Å². The minimum absolute atomic E-state index is 0.0849. The van der Waals surface area contributed by atoms with Crippen molar-refractivity contribution in [3.63, 3.8) is 0 Å². The number of benzene rings is 2. The number of hydrogen-bond acceptors (Lipinski definition) is 2. The molecule has 0 bridgehead atoms. The molecule has 0 saturated carbocycles. The fraction of sp³-hybridized carbons (Fsp3) is 0.235. The van der Waals surface area contributed by atoms with E-state index in [4.69, 9.17) is 0 Å². The molecule has 0 aliphatic heterocycles. The average molecular weight is 341 g/mol. The summed E-state index contributed by atoms with van der Waals surface area (Å²) in [4.78, 5) is 13.5. The highest BCUT2D eigenvalue weighted by atomic mass is 19.4. The zero-order valence-corrected chi connectivity index (χ0v) is 12.8.